The van der Waals surface area contributed by atoms with E-state index in [-0.39, 0.29) is 13.2 Å². The van der Waals surface area contributed by atoms with E-state index >= 15 is 0 Å². The van der Waals surface area contributed by atoms with Crippen molar-refractivity contribution in [2.24, 2.45) is 0 Å². The minimum absolute atomic E-state index is 0.365. The second-order valence-electron chi connectivity index (χ2n) is 4.51. The molecule has 0 unspecified atom stereocenters. The van der Waals surface area contributed by atoms with Crippen molar-refractivity contribution in [2.45, 2.75) is 12.5 Å². The first kappa shape index (κ1) is 13.7. The van der Waals surface area contributed by atoms with Crippen LogP contribution in [0.5, 0.6) is 0 Å². The van der Waals surface area contributed by atoms with Crippen LogP contribution >= 0.6 is 0 Å². The van der Waals surface area contributed by atoms with Crippen LogP contribution in [-0.4, -0.2) is 34.6 Å². The zero-order valence-corrected chi connectivity index (χ0v) is 10.7. The number of hydrogen-bond donors (Lipinski definition) is 3. The van der Waals surface area contributed by atoms with Gasteiger partial charge < -0.3 is 15.3 Å². The van der Waals surface area contributed by atoms with Gasteiger partial charge in [0.25, 0.3) is 0 Å². The molecule has 0 fully saturated rings. The van der Waals surface area contributed by atoms with Crippen LogP contribution in [0.15, 0.2) is 48.5 Å². The van der Waals surface area contributed by atoms with Crippen LogP contribution < -0.4 is 0 Å². The lowest BCUT2D eigenvalue weighted by Crippen LogP contribution is -2.15. The van der Waals surface area contributed by atoms with Crippen LogP contribution in [0.3, 0.4) is 0 Å². The molecule has 100 valence electrons. The third kappa shape index (κ3) is 3.20. The first-order chi connectivity index (χ1) is 9.26. The zero-order chi connectivity index (χ0) is 13.7. The number of aliphatic hydroxyl groups excluding tert-OH is 3. The Bertz CT molecular complexity index is 490. The van der Waals surface area contributed by atoms with Gasteiger partial charge in [0.2, 0.25) is 0 Å². The van der Waals surface area contributed by atoms with Gasteiger partial charge in [0.1, 0.15) is 6.10 Å². The number of benzene rings is 2. The predicted molar refractivity (Wildman–Crippen MR) is 74.9 cm³/mol. The van der Waals surface area contributed by atoms with Gasteiger partial charge in [0, 0.05) is 0 Å². The fourth-order valence-electron chi connectivity index (χ4n) is 2.14. The molecule has 0 spiro atoms. The number of aliphatic hydroxyl groups is 3. The molecule has 0 amide bonds. The summed E-state index contributed by atoms with van der Waals surface area (Å²) >= 11 is 0. The molecular weight excluding hydrogens is 240 g/mol. The van der Waals surface area contributed by atoms with Gasteiger partial charge in [-0.05, 0) is 28.7 Å². The highest BCUT2D eigenvalue weighted by Crippen LogP contribution is 2.35. The fraction of sp³-hybridized carbons (Fsp3) is 0.250. The second kappa shape index (κ2) is 6.48. The highest BCUT2D eigenvalue weighted by molar-refractivity contribution is 5.76. The molecule has 0 atom stereocenters. The number of rotatable bonds is 2. The Kier molecular flexibility index (Phi) is 4.68. The molecule has 19 heavy (non-hydrogen) atoms. The molecule has 0 aliphatic heterocycles. The van der Waals surface area contributed by atoms with Crippen molar-refractivity contribution in [2.75, 3.05) is 13.2 Å². The van der Waals surface area contributed by atoms with E-state index in [0.29, 0.717) is 0 Å². The maximum atomic E-state index is 8.17. The molecule has 2 aromatic rings. The van der Waals surface area contributed by atoms with E-state index in [1.807, 2.05) is 0 Å². The standard InChI is InChI=1S/C13H10.C3H8O3/c1-3-7-12-10(5-1)9-11-6-2-4-8-13(11)12;4-1-3(6)2-5/h1-8H,9H2;3-6H,1-2H2. The summed E-state index contributed by atoms with van der Waals surface area (Å²) in [6.45, 7) is -0.729. The zero-order valence-electron chi connectivity index (χ0n) is 10.7. The Morgan fingerprint density at radius 1 is 0.789 bits per heavy atom. The molecule has 0 saturated carbocycles. The van der Waals surface area contributed by atoms with Crippen molar-refractivity contribution in [3.05, 3.63) is 59.7 Å². The average Bonchev–Trinajstić information content (AvgIpc) is 2.85. The van der Waals surface area contributed by atoms with Crippen molar-refractivity contribution < 1.29 is 15.3 Å². The molecule has 0 radical (unpaired) electrons. The van der Waals surface area contributed by atoms with E-state index in [0.717, 1.165) is 6.42 Å². The van der Waals surface area contributed by atoms with E-state index in [2.05, 4.69) is 48.5 Å². The van der Waals surface area contributed by atoms with Gasteiger partial charge in [-0.2, -0.15) is 0 Å². The first-order valence-electron chi connectivity index (χ1n) is 6.32. The molecule has 3 N–H and O–H groups in total. The smallest absolute Gasteiger partial charge is 0.100 e. The number of fused-ring (bicyclic) bond motifs is 3. The van der Waals surface area contributed by atoms with Gasteiger partial charge in [-0.1, -0.05) is 48.5 Å². The highest BCUT2D eigenvalue weighted by Gasteiger charge is 2.15. The van der Waals surface area contributed by atoms with Crippen molar-refractivity contribution in [3.8, 4) is 11.1 Å². The average molecular weight is 258 g/mol. The Morgan fingerprint density at radius 2 is 1.21 bits per heavy atom. The summed E-state index contributed by atoms with van der Waals surface area (Å²) in [5, 5.41) is 24.0. The molecule has 2 aromatic carbocycles. The molecule has 0 heterocycles. The fourth-order valence-corrected chi connectivity index (χ4v) is 2.14. The largest absolute Gasteiger partial charge is 0.394 e. The van der Waals surface area contributed by atoms with E-state index in [9.17, 15) is 0 Å². The molecule has 0 saturated heterocycles. The van der Waals surface area contributed by atoms with Gasteiger partial charge in [0.05, 0.1) is 13.2 Å². The topological polar surface area (TPSA) is 60.7 Å². The summed E-state index contributed by atoms with van der Waals surface area (Å²) in [7, 11) is 0. The highest BCUT2D eigenvalue weighted by atomic mass is 16.3. The lowest BCUT2D eigenvalue weighted by atomic mass is 10.1. The maximum absolute atomic E-state index is 8.17. The Morgan fingerprint density at radius 3 is 1.58 bits per heavy atom. The molecule has 1 aliphatic carbocycles. The summed E-state index contributed by atoms with van der Waals surface area (Å²) in [4.78, 5) is 0. The van der Waals surface area contributed by atoms with Gasteiger partial charge in [0.15, 0.2) is 0 Å². The Balaban J connectivity index is 0.000000192. The summed E-state index contributed by atoms with van der Waals surface area (Å²) in [6.07, 6.45) is 0.150. The third-order valence-electron chi connectivity index (χ3n) is 3.13. The van der Waals surface area contributed by atoms with E-state index < -0.39 is 6.10 Å². The Hall–Kier alpha value is -1.68. The lowest BCUT2D eigenvalue weighted by Gasteiger charge is -1.98. The van der Waals surface area contributed by atoms with Gasteiger partial charge in [-0.3, -0.25) is 0 Å². The van der Waals surface area contributed by atoms with E-state index in [1.165, 1.54) is 22.3 Å². The van der Waals surface area contributed by atoms with Gasteiger partial charge in [-0.15, -0.1) is 0 Å². The van der Waals surface area contributed by atoms with Crippen LogP contribution in [-0.2, 0) is 6.42 Å². The first-order valence-corrected chi connectivity index (χ1v) is 6.32. The molecule has 1 aliphatic rings. The minimum Gasteiger partial charge on any atom is -0.394 e. The maximum Gasteiger partial charge on any atom is 0.100 e. The van der Waals surface area contributed by atoms with Crippen LogP contribution in [0.4, 0.5) is 0 Å². The van der Waals surface area contributed by atoms with Crippen molar-refractivity contribution in [1.29, 1.82) is 0 Å². The van der Waals surface area contributed by atoms with Gasteiger partial charge in [-0.25, -0.2) is 0 Å². The van der Waals surface area contributed by atoms with Crippen molar-refractivity contribution in [1.82, 2.24) is 0 Å². The van der Waals surface area contributed by atoms with E-state index in [1.54, 1.807) is 0 Å². The summed E-state index contributed by atoms with van der Waals surface area (Å²) in [5.74, 6) is 0. The summed E-state index contributed by atoms with van der Waals surface area (Å²) in [6, 6.07) is 17.3. The second-order valence-corrected chi connectivity index (χ2v) is 4.51. The summed E-state index contributed by atoms with van der Waals surface area (Å²) < 4.78 is 0. The van der Waals surface area contributed by atoms with Crippen LogP contribution in [0.2, 0.25) is 0 Å². The molecule has 3 heteroatoms. The molecule has 3 rings (SSSR count). The molecule has 3 nitrogen and oxygen atoms in total. The molecule has 0 aromatic heterocycles. The van der Waals surface area contributed by atoms with Crippen LogP contribution in [0.25, 0.3) is 11.1 Å². The van der Waals surface area contributed by atoms with Crippen molar-refractivity contribution in [3.63, 3.8) is 0 Å². The van der Waals surface area contributed by atoms with Crippen LogP contribution in [0.1, 0.15) is 11.1 Å². The van der Waals surface area contributed by atoms with Gasteiger partial charge >= 0.3 is 0 Å². The Labute approximate surface area is 112 Å². The lowest BCUT2D eigenvalue weighted by molar-refractivity contribution is 0.0450. The van der Waals surface area contributed by atoms with Crippen molar-refractivity contribution >= 4 is 0 Å². The summed E-state index contributed by atoms with van der Waals surface area (Å²) in [5.41, 5.74) is 5.75. The molecular formula is C16H18O3. The third-order valence-corrected chi connectivity index (χ3v) is 3.13. The van der Waals surface area contributed by atoms with Crippen LogP contribution in [0, 0.1) is 0 Å². The predicted octanol–water partition coefficient (Wildman–Crippen LogP) is 1.59. The normalized spacial score (nSPS) is 11.6. The molecule has 0 bridgehead atoms. The quantitative estimate of drug-likeness (QED) is 0.654. The van der Waals surface area contributed by atoms with E-state index in [4.69, 9.17) is 15.3 Å². The SMILES string of the molecule is OCC(O)CO.c1ccc2c(c1)Cc1ccccc1-2. The number of hydrogen-bond acceptors (Lipinski definition) is 3. The minimum atomic E-state index is -0.954. The monoisotopic (exact) mass is 258 g/mol.